The number of hydrogen-bond acceptors (Lipinski definition) is 2. The van der Waals surface area contributed by atoms with E-state index in [9.17, 15) is 0 Å². The molecule has 1 aliphatic carbocycles. The first-order chi connectivity index (χ1) is 8.28. The summed E-state index contributed by atoms with van der Waals surface area (Å²) in [5, 5.41) is 0. The third kappa shape index (κ3) is 2.02. The Bertz CT molecular complexity index is 540. The minimum atomic E-state index is 0.633. The van der Waals surface area contributed by atoms with Gasteiger partial charge >= 0.3 is 0 Å². The van der Waals surface area contributed by atoms with Gasteiger partial charge in [-0.05, 0) is 56.2 Å². The number of rotatable bonds is 4. The normalized spacial score (nSPS) is 15.4. The highest BCUT2D eigenvalue weighted by Crippen LogP contribution is 2.34. The number of ether oxygens (including phenoxy) is 1. The molecule has 0 spiro atoms. The van der Waals surface area contributed by atoms with Crippen LogP contribution in [0.2, 0.25) is 0 Å². The van der Waals surface area contributed by atoms with E-state index >= 15 is 0 Å². The molecule has 1 heterocycles. The summed E-state index contributed by atoms with van der Waals surface area (Å²) >= 11 is 0. The predicted molar refractivity (Wildman–Crippen MR) is 68.4 cm³/mol. The van der Waals surface area contributed by atoms with E-state index in [1.807, 2.05) is 6.92 Å². The maximum Gasteiger partial charge on any atom is 0.294 e. The van der Waals surface area contributed by atoms with Gasteiger partial charge in [0.15, 0.2) is 0 Å². The molecular weight excluding hydrogens is 212 g/mol. The monoisotopic (exact) mass is 230 g/mol. The summed E-state index contributed by atoms with van der Waals surface area (Å²) in [6.45, 7) is 4.78. The highest BCUT2D eigenvalue weighted by atomic mass is 16.5. The summed E-state index contributed by atoms with van der Waals surface area (Å²) in [7, 11) is 0. The second-order valence-electron chi connectivity index (χ2n) is 4.87. The van der Waals surface area contributed by atoms with Gasteiger partial charge in [0.1, 0.15) is 0 Å². The summed E-state index contributed by atoms with van der Waals surface area (Å²) in [5.74, 6) is 0.913. The van der Waals surface area contributed by atoms with Crippen LogP contribution in [0.3, 0.4) is 0 Å². The zero-order valence-corrected chi connectivity index (χ0v) is 10.4. The molecule has 0 atom stereocenters. The molecule has 3 rings (SSSR count). The molecule has 0 radical (unpaired) electrons. The molecule has 1 aromatic heterocycles. The van der Waals surface area contributed by atoms with E-state index in [2.05, 4.69) is 29.0 Å². The number of aryl methyl sites for hydroxylation is 1. The largest absolute Gasteiger partial charge is 0.465 e. The molecular formula is C14H18N2O. The molecule has 0 aliphatic heterocycles. The van der Waals surface area contributed by atoms with E-state index in [-0.39, 0.29) is 0 Å². The lowest BCUT2D eigenvalue weighted by molar-refractivity contribution is 0.317. The Kier molecular flexibility index (Phi) is 2.54. The van der Waals surface area contributed by atoms with Crippen LogP contribution in [-0.2, 0) is 6.42 Å². The van der Waals surface area contributed by atoms with Crippen LogP contribution in [0.15, 0.2) is 12.1 Å². The summed E-state index contributed by atoms with van der Waals surface area (Å²) < 4.78 is 5.41. The van der Waals surface area contributed by atoms with Crippen LogP contribution >= 0.6 is 0 Å². The van der Waals surface area contributed by atoms with Crippen molar-refractivity contribution in [2.45, 2.75) is 33.1 Å². The molecule has 2 aromatic rings. The minimum absolute atomic E-state index is 0.633. The van der Waals surface area contributed by atoms with Gasteiger partial charge in [0, 0.05) is 0 Å². The fourth-order valence-corrected chi connectivity index (χ4v) is 2.29. The molecule has 90 valence electrons. The molecule has 3 heteroatoms. The minimum Gasteiger partial charge on any atom is -0.465 e. The fraction of sp³-hybridized carbons (Fsp3) is 0.500. The number of imidazole rings is 1. The van der Waals surface area contributed by atoms with E-state index in [0.717, 1.165) is 17.0 Å². The van der Waals surface area contributed by atoms with Crippen LogP contribution in [-0.4, -0.2) is 16.6 Å². The number of hydrogen-bond donors (Lipinski definition) is 1. The van der Waals surface area contributed by atoms with Crippen molar-refractivity contribution in [2.75, 3.05) is 6.61 Å². The third-order valence-electron chi connectivity index (χ3n) is 3.48. The van der Waals surface area contributed by atoms with Crippen LogP contribution in [0.5, 0.6) is 6.01 Å². The standard InChI is InChI=1S/C14H18N2O/c1-3-17-14-15-12-7-6-11(8-10-4-5-10)9(2)13(12)16-14/h6-7,10H,3-5,8H2,1-2H3,(H,15,16). The Balaban J connectivity index is 1.99. The molecule has 1 fully saturated rings. The van der Waals surface area contributed by atoms with Gasteiger partial charge in [-0.3, -0.25) is 0 Å². The molecule has 0 saturated heterocycles. The SMILES string of the molecule is CCOc1nc2c(C)c(CC3CC3)ccc2[nH]1. The number of fused-ring (bicyclic) bond motifs is 1. The maximum absolute atomic E-state index is 5.41. The number of nitrogens with one attached hydrogen (secondary N) is 1. The van der Waals surface area contributed by atoms with Crippen molar-refractivity contribution >= 4 is 11.0 Å². The van der Waals surface area contributed by atoms with Gasteiger partial charge < -0.3 is 9.72 Å². The van der Waals surface area contributed by atoms with E-state index in [0.29, 0.717) is 12.6 Å². The average molecular weight is 230 g/mol. The second-order valence-corrected chi connectivity index (χ2v) is 4.87. The Labute approximate surface area is 101 Å². The molecule has 1 saturated carbocycles. The molecule has 3 nitrogen and oxygen atoms in total. The fourth-order valence-electron chi connectivity index (χ4n) is 2.29. The maximum atomic E-state index is 5.41. The van der Waals surface area contributed by atoms with E-state index in [4.69, 9.17) is 4.74 Å². The molecule has 0 amide bonds. The van der Waals surface area contributed by atoms with Crippen LogP contribution < -0.4 is 4.74 Å². The zero-order valence-electron chi connectivity index (χ0n) is 10.4. The third-order valence-corrected chi connectivity index (χ3v) is 3.48. The zero-order chi connectivity index (χ0) is 11.8. The van der Waals surface area contributed by atoms with Crippen molar-refractivity contribution in [2.24, 2.45) is 5.92 Å². The van der Waals surface area contributed by atoms with Crippen molar-refractivity contribution in [3.63, 3.8) is 0 Å². The van der Waals surface area contributed by atoms with E-state index < -0.39 is 0 Å². The highest BCUT2D eigenvalue weighted by Gasteiger charge is 2.22. The number of benzene rings is 1. The van der Waals surface area contributed by atoms with Crippen LogP contribution in [0.4, 0.5) is 0 Å². The van der Waals surface area contributed by atoms with Crippen LogP contribution in [0, 0.1) is 12.8 Å². The Morgan fingerprint density at radius 1 is 1.41 bits per heavy atom. The Morgan fingerprint density at radius 3 is 2.94 bits per heavy atom. The lowest BCUT2D eigenvalue weighted by Gasteiger charge is -2.04. The number of aromatic nitrogens is 2. The first-order valence-electron chi connectivity index (χ1n) is 6.39. The van der Waals surface area contributed by atoms with Crippen LogP contribution in [0.1, 0.15) is 30.9 Å². The van der Waals surface area contributed by atoms with Crippen molar-refractivity contribution in [3.8, 4) is 6.01 Å². The van der Waals surface area contributed by atoms with Gasteiger partial charge in [0.05, 0.1) is 17.6 Å². The van der Waals surface area contributed by atoms with Gasteiger partial charge in [-0.15, -0.1) is 0 Å². The lowest BCUT2D eigenvalue weighted by Crippen LogP contribution is -1.93. The van der Waals surface area contributed by atoms with Crippen LogP contribution in [0.25, 0.3) is 11.0 Å². The van der Waals surface area contributed by atoms with Gasteiger partial charge in [-0.25, -0.2) is 0 Å². The van der Waals surface area contributed by atoms with E-state index in [1.54, 1.807) is 0 Å². The molecule has 17 heavy (non-hydrogen) atoms. The Morgan fingerprint density at radius 2 is 2.24 bits per heavy atom. The van der Waals surface area contributed by atoms with Gasteiger partial charge in [-0.2, -0.15) is 4.98 Å². The van der Waals surface area contributed by atoms with Crippen molar-refractivity contribution < 1.29 is 4.74 Å². The molecule has 0 bridgehead atoms. The quantitative estimate of drug-likeness (QED) is 0.875. The molecule has 1 aromatic carbocycles. The smallest absolute Gasteiger partial charge is 0.294 e. The molecule has 1 aliphatic rings. The summed E-state index contributed by atoms with van der Waals surface area (Å²) in [6, 6.07) is 4.98. The summed E-state index contributed by atoms with van der Waals surface area (Å²) in [6.07, 6.45) is 3.99. The van der Waals surface area contributed by atoms with Gasteiger partial charge in [0.2, 0.25) is 0 Å². The number of aromatic amines is 1. The van der Waals surface area contributed by atoms with Gasteiger partial charge in [-0.1, -0.05) is 6.07 Å². The highest BCUT2D eigenvalue weighted by molar-refractivity contribution is 5.80. The van der Waals surface area contributed by atoms with Crippen molar-refractivity contribution in [1.82, 2.24) is 9.97 Å². The summed E-state index contributed by atoms with van der Waals surface area (Å²) in [5.41, 5.74) is 4.88. The molecule has 0 unspecified atom stereocenters. The first kappa shape index (κ1) is 10.6. The second kappa shape index (κ2) is 4.06. The lowest BCUT2D eigenvalue weighted by atomic mass is 10.0. The summed E-state index contributed by atoms with van der Waals surface area (Å²) in [4.78, 5) is 7.71. The van der Waals surface area contributed by atoms with Gasteiger partial charge in [0.25, 0.3) is 6.01 Å². The van der Waals surface area contributed by atoms with Crippen molar-refractivity contribution in [3.05, 3.63) is 23.3 Å². The van der Waals surface area contributed by atoms with Crippen molar-refractivity contribution in [1.29, 1.82) is 0 Å². The molecule has 1 N–H and O–H groups in total. The number of H-pyrrole nitrogens is 1. The van der Waals surface area contributed by atoms with E-state index in [1.165, 1.54) is 30.4 Å². The first-order valence-corrected chi connectivity index (χ1v) is 6.39. The average Bonchev–Trinajstić information content (AvgIpc) is 3.02. The predicted octanol–water partition coefficient (Wildman–Crippen LogP) is 3.22. The Hall–Kier alpha value is -1.51. The number of nitrogens with zero attached hydrogens (tertiary/aromatic N) is 1. The topological polar surface area (TPSA) is 37.9 Å².